The molecule has 7 nitrogen and oxygen atoms in total. The van der Waals surface area contributed by atoms with Crippen LogP contribution in [0.2, 0.25) is 0 Å². The van der Waals surface area contributed by atoms with E-state index in [1.54, 1.807) is 17.0 Å². The Morgan fingerprint density at radius 1 is 1.52 bits per heavy atom. The van der Waals surface area contributed by atoms with Gasteiger partial charge in [0.1, 0.15) is 0 Å². The number of aliphatic carboxylic acids is 1. The quantitative estimate of drug-likeness (QED) is 0.865. The van der Waals surface area contributed by atoms with Crippen molar-refractivity contribution in [1.82, 2.24) is 9.88 Å². The third-order valence-electron chi connectivity index (χ3n) is 3.33. The molecule has 0 bridgehead atoms. The number of aromatic nitrogens is 1. The summed E-state index contributed by atoms with van der Waals surface area (Å²) in [5.41, 5.74) is 0.560. The highest BCUT2D eigenvalue weighted by Gasteiger charge is 2.30. The van der Waals surface area contributed by atoms with Crippen molar-refractivity contribution in [3.63, 3.8) is 0 Å². The van der Waals surface area contributed by atoms with Crippen molar-refractivity contribution in [3.05, 3.63) is 18.3 Å². The number of nitrogens with zero attached hydrogens (tertiary/aromatic N) is 2. The van der Waals surface area contributed by atoms with Gasteiger partial charge in [0.25, 0.3) is 0 Å². The first-order valence-corrected chi connectivity index (χ1v) is 6.98. The van der Waals surface area contributed by atoms with Gasteiger partial charge in [0, 0.05) is 18.7 Å². The van der Waals surface area contributed by atoms with Gasteiger partial charge in [-0.1, -0.05) is 0 Å². The summed E-state index contributed by atoms with van der Waals surface area (Å²) in [6.07, 6.45) is 3.05. The number of carbonyl (C=O) groups is 2. The molecule has 0 spiro atoms. The first-order valence-electron chi connectivity index (χ1n) is 6.98. The maximum absolute atomic E-state index is 12.2. The summed E-state index contributed by atoms with van der Waals surface area (Å²) < 4.78 is 5.23. The number of likely N-dealkylation sites (tertiary alicyclic amines) is 1. The SMILES string of the molecule is CCOc1ccc(NC(=O)N2CCCC2CC(=O)O)cn1. The molecule has 1 saturated heterocycles. The van der Waals surface area contributed by atoms with E-state index in [9.17, 15) is 9.59 Å². The van der Waals surface area contributed by atoms with Crippen LogP contribution in [0.5, 0.6) is 5.88 Å². The monoisotopic (exact) mass is 293 g/mol. The van der Waals surface area contributed by atoms with E-state index in [-0.39, 0.29) is 18.5 Å². The number of amides is 2. The van der Waals surface area contributed by atoms with Gasteiger partial charge in [0.05, 0.1) is 24.9 Å². The third kappa shape index (κ3) is 4.08. The van der Waals surface area contributed by atoms with Gasteiger partial charge in [0.15, 0.2) is 0 Å². The van der Waals surface area contributed by atoms with E-state index in [4.69, 9.17) is 9.84 Å². The molecule has 2 amide bonds. The lowest BCUT2D eigenvalue weighted by molar-refractivity contribution is -0.137. The Bertz CT molecular complexity index is 503. The number of hydrogen-bond donors (Lipinski definition) is 2. The minimum Gasteiger partial charge on any atom is -0.481 e. The molecule has 0 saturated carbocycles. The van der Waals surface area contributed by atoms with Crippen LogP contribution in [0.15, 0.2) is 18.3 Å². The number of ether oxygens (including phenoxy) is 1. The summed E-state index contributed by atoms with van der Waals surface area (Å²) in [6, 6.07) is 2.86. The van der Waals surface area contributed by atoms with Crippen LogP contribution in [-0.4, -0.2) is 46.2 Å². The van der Waals surface area contributed by atoms with E-state index in [2.05, 4.69) is 10.3 Å². The molecule has 0 aromatic carbocycles. The lowest BCUT2D eigenvalue weighted by Crippen LogP contribution is -2.39. The van der Waals surface area contributed by atoms with Gasteiger partial charge >= 0.3 is 12.0 Å². The Kier molecular flexibility index (Phi) is 4.97. The molecule has 21 heavy (non-hydrogen) atoms. The van der Waals surface area contributed by atoms with E-state index < -0.39 is 5.97 Å². The van der Waals surface area contributed by atoms with E-state index in [0.29, 0.717) is 24.7 Å². The first-order chi connectivity index (χ1) is 10.1. The summed E-state index contributed by atoms with van der Waals surface area (Å²) >= 11 is 0. The molecule has 1 fully saturated rings. The van der Waals surface area contributed by atoms with Crippen molar-refractivity contribution >= 4 is 17.7 Å². The fraction of sp³-hybridized carbons (Fsp3) is 0.500. The van der Waals surface area contributed by atoms with Crippen molar-refractivity contribution in [2.45, 2.75) is 32.2 Å². The van der Waals surface area contributed by atoms with Gasteiger partial charge in [-0.25, -0.2) is 9.78 Å². The van der Waals surface area contributed by atoms with Crippen molar-refractivity contribution in [2.75, 3.05) is 18.5 Å². The van der Waals surface area contributed by atoms with Crippen molar-refractivity contribution in [2.24, 2.45) is 0 Å². The molecule has 0 radical (unpaired) electrons. The highest BCUT2D eigenvalue weighted by atomic mass is 16.5. The second kappa shape index (κ2) is 6.92. The van der Waals surface area contributed by atoms with Crippen LogP contribution in [0.4, 0.5) is 10.5 Å². The smallest absolute Gasteiger partial charge is 0.322 e. The maximum Gasteiger partial charge on any atom is 0.322 e. The molecular formula is C14H19N3O4. The van der Waals surface area contributed by atoms with Crippen LogP contribution < -0.4 is 10.1 Å². The predicted molar refractivity (Wildman–Crippen MR) is 76.4 cm³/mol. The standard InChI is InChI=1S/C14H19N3O4/c1-2-21-12-6-5-10(9-15-12)16-14(20)17-7-3-4-11(17)8-13(18)19/h5-6,9,11H,2-4,7-8H2,1H3,(H,16,20)(H,18,19). The van der Waals surface area contributed by atoms with Crippen molar-refractivity contribution in [1.29, 1.82) is 0 Å². The minimum absolute atomic E-state index is 0.0189. The Morgan fingerprint density at radius 3 is 2.95 bits per heavy atom. The molecule has 2 N–H and O–H groups in total. The Labute approximate surface area is 122 Å². The Hall–Kier alpha value is -2.31. The fourth-order valence-corrected chi connectivity index (χ4v) is 2.40. The Morgan fingerprint density at radius 2 is 2.33 bits per heavy atom. The van der Waals surface area contributed by atoms with Crippen LogP contribution in [0.3, 0.4) is 0 Å². The highest BCUT2D eigenvalue weighted by molar-refractivity contribution is 5.89. The molecule has 7 heteroatoms. The molecule has 114 valence electrons. The fourth-order valence-electron chi connectivity index (χ4n) is 2.40. The summed E-state index contributed by atoms with van der Waals surface area (Å²) in [5.74, 6) is -0.386. The maximum atomic E-state index is 12.2. The number of carboxylic acids is 1. The van der Waals surface area contributed by atoms with Crippen LogP contribution in [0, 0.1) is 0 Å². The zero-order valence-electron chi connectivity index (χ0n) is 11.9. The third-order valence-corrected chi connectivity index (χ3v) is 3.33. The van der Waals surface area contributed by atoms with E-state index >= 15 is 0 Å². The number of anilines is 1. The van der Waals surface area contributed by atoms with Gasteiger partial charge < -0.3 is 20.1 Å². The van der Waals surface area contributed by atoms with Crippen LogP contribution in [0.25, 0.3) is 0 Å². The molecule has 0 aliphatic carbocycles. The predicted octanol–water partition coefficient (Wildman–Crippen LogP) is 1.95. The van der Waals surface area contributed by atoms with Gasteiger partial charge in [-0.05, 0) is 25.8 Å². The highest BCUT2D eigenvalue weighted by Crippen LogP contribution is 2.21. The first kappa shape index (κ1) is 15.1. The average molecular weight is 293 g/mol. The van der Waals surface area contributed by atoms with Gasteiger partial charge in [0.2, 0.25) is 5.88 Å². The van der Waals surface area contributed by atoms with Crippen LogP contribution >= 0.6 is 0 Å². The molecule has 2 rings (SSSR count). The molecule has 1 unspecified atom stereocenters. The number of carboxylic acid groups (broad SMARTS) is 1. The number of carbonyl (C=O) groups excluding carboxylic acids is 1. The second-order valence-corrected chi connectivity index (χ2v) is 4.84. The number of nitrogens with one attached hydrogen (secondary N) is 1. The number of rotatable bonds is 5. The molecule has 2 heterocycles. The number of hydrogen-bond acceptors (Lipinski definition) is 4. The van der Waals surface area contributed by atoms with E-state index in [1.165, 1.54) is 6.20 Å². The van der Waals surface area contributed by atoms with E-state index in [1.807, 2.05) is 6.92 Å². The molecular weight excluding hydrogens is 274 g/mol. The van der Waals surface area contributed by atoms with Gasteiger partial charge in [-0.2, -0.15) is 0 Å². The van der Waals surface area contributed by atoms with Crippen LogP contribution in [0.1, 0.15) is 26.2 Å². The summed E-state index contributed by atoms with van der Waals surface area (Å²) in [4.78, 5) is 28.6. The minimum atomic E-state index is -0.887. The summed E-state index contributed by atoms with van der Waals surface area (Å²) in [5, 5.41) is 11.6. The van der Waals surface area contributed by atoms with Crippen molar-refractivity contribution in [3.8, 4) is 5.88 Å². The zero-order valence-corrected chi connectivity index (χ0v) is 11.9. The van der Waals surface area contributed by atoms with Gasteiger partial charge in [-0.15, -0.1) is 0 Å². The lowest BCUT2D eigenvalue weighted by atomic mass is 10.1. The Balaban J connectivity index is 1.95. The molecule has 1 aromatic rings. The summed E-state index contributed by atoms with van der Waals surface area (Å²) in [6.45, 7) is 2.98. The lowest BCUT2D eigenvalue weighted by Gasteiger charge is -2.23. The molecule has 1 aliphatic rings. The second-order valence-electron chi connectivity index (χ2n) is 4.84. The average Bonchev–Trinajstić information content (AvgIpc) is 2.88. The van der Waals surface area contributed by atoms with E-state index in [0.717, 1.165) is 12.8 Å². The van der Waals surface area contributed by atoms with Crippen molar-refractivity contribution < 1.29 is 19.4 Å². The number of urea groups is 1. The summed E-state index contributed by atoms with van der Waals surface area (Å²) in [7, 11) is 0. The topological polar surface area (TPSA) is 91.8 Å². The molecule has 1 aliphatic heterocycles. The molecule has 1 aromatic heterocycles. The van der Waals surface area contributed by atoms with Crippen LogP contribution in [-0.2, 0) is 4.79 Å². The zero-order chi connectivity index (χ0) is 15.2. The normalized spacial score (nSPS) is 17.6. The largest absolute Gasteiger partial charge is 0.481 e. The molecule has 1 atom stereocenters. The number of pyridine rings is 1. The van der Waals surface area contributed by atoms with Gasteiger partial charge in [-0.3, -0.25) is 4.79 Å².